The van der Waals surface area contributed by atoms with Gasteiger partial charge >= 0.3 is 0 Å². The summed E-state index contributed by atoms with van der Waals surface area (Å²) in [5, 5.41) is 24.5. The predicted molar refractivity (Wildman–Crippen MR) is 94.0 cm³/mol. The van der Waals surface area contributed by atoms with Gasteiger partial charge in [0, 0.05) is 13.0 Å². The van der Waals surface area contributed by atoms with Crippen LogP contribution < -0.4 is 15.4 Å². The molecule has 1 saturated heterocycles. The third-order valence-electron chi connectivity index (χ3n) is 3.61. The number of rotatable bonds is 5. The molecule has 1 aliphatic heterocycles. The molecule has 7 nitrogen and oxygen atoms in total. The van der Waals surface area contributed by atoms with Crippen LogP contribution in [0.15, 0.2) is 24.3 Å². The Morgan fingerprint density at radius 3 is 3.04 bits per heavy atom. The number of aliphatic hydroxyl groups is 1. The van der Waals surface area contributed by atoms with Crippen molar-refractivity contribution in [3.05, 3.63) is 34.8 Å². The molecule has 0 bridgehead atoms. The maximum absolute atomic E-state index is 12.0. The van der Waals surface area contributed by atoms with E-state index in [0.29, 0.717) is 24.5 Å². The van der Waals surface area contributed by atoms with Gasteiger partial charge in [-0.05, 0) is 24.1 Å². The number of nitrogens with zero attached hydrogens (tertiary/aromatic N) is 2. The zero-order valence-corrected chi connectivity index (χ0v) is 14.7. The first-order chi connectivity index (χ1) is 11.1. The standard InChI is InChI=1S/C15H18N4O3S.ClH/c1-22-11-4-2-3-9(5-11)6-13-18-19-15(23-13)17-14(21)12-7-10(20)8-16-12;/h2-5,10,12,16,20H,6-8H2,1H3,(H,17,19,21);1H. The molecule has 130 valence electrons. The van der Waals surface area contributed by atoms with Gasteiger partial charge in [0.15, 0.2) is 0 Å². The fourth-order valence-corrected chi connectivity index (χ4v) is 3.22. The number of halogens is 1. The summed E-state index contributed by atoms with van der Waals surface area (Å²) in [6.45, 7) is 0.440. The molecule has 2 aromatic rings. The predicted octanol–water partition coefficient (Wildman–Crippen LogP) is 1.22. The lowest BCUT2D eigenvalue weighted by Gasteiger charge is -2.07. The molecule has 2 unspecified atom stereocenters. The van der Waals surface area contributed by atoms with Crippen LogP contribution in [0.5, 0.6) is 5.75 Å². The SMILES string of the molecule is COc1cccc(Cc2nnc(NC(=O)C3CC(O)CN3)s2)c1.Cl. The average Bonchev–Trinajstić information content (AvgIpc) is 3.16. The van der Waals surface area contributed by atoms with Gasteiger partial charge in [-0.2, -0.15) is 0 Å². The summed E-state index contributed by atoms with van der Waals surface area (Å²) in [7, 11) is 1.63. The molecule has 0 aliphatic carbocycles. The summed E-state index contributed by atoms with van der Waals surface area (Å²) in [4.78, 5) is 12.0. The van der Waals surface area contributed by atoms with Gasteiger partial charge in [0.1, 0.15) is 10.8 Å². The van der Waals surface area contributed by atoms with E-state index >= 15 is 0 Å². The Labute approximate surface area is 149 Å². The maximum atomic E-state index is 12.0. The van der Waals surface area contributed by atoms with Gasteiger partial charge in [-0.25, -0.2) is 0 Å². The Bertz CT molecular complexity index is 697. The highest BCUT2D eigenvalue weighted by molar-refractivity contribution is 7.15. The van der Waals surface area contributed by atoms with Crippen LogP contribution >= 0.6 is 23.7 Å². The van der Waals surface area contributed by atoms with E-state index in [9.17, 15) is 9.90 Å². The zero-order valence-electron chi connectivity index (χ0n) is 13.1. The van der Waals surface area contributed by atoms with Crippen LogP contribution in [0.25, 0.3) is 0 Å². The summed E-state index contributed by atoms with van der Waals surface area (Å²) >= 11 is 1.34. The molecule has 0 radical (unpaired) electrons. The topological polar surface area (TPSA) is 96.4 Å². The number of carbonyl (C=O) groups is 1. The van der Waals surface area contributed by atoms with E-state index in [4.69, 9.17) is 4.74 Å². The van der Waals surface area contributed by atoms with Crippen LogP contribution in [0.1, 0.15) is 17.0 Å². The summed E-state index contributed by atoms with van der Waals surface area (Å²) in [5.41, 5.74) is 1.07. The van der Waals surface area contributed by atoms with E-state index in [0.717, 1.165) is 16.3 Å². The molecule has 0 saturated carbocycles. The summed E-state index contributed by atoms with van der Waals surface area (Å²) in [6, 6.07) is 7.37. The third-order valence-corrected chi connectivity index (χ3v) is 4.45. The van der Waals surface area contributed by atoms with Crippen LogP contribution in [-0.2, 0) is 11.2 Å². The number of benzene rings is 1. The third kappa shape index (κ3) is 4.64. The number of amides is 1. The number of aliphatic hydroxyl groups excluding tert-OH is 1. The molecule has 1 aromatic heterocycles. The number of methoxy groups -OCH3 is 1. The van der Waals surface area contributed by atoms with Gasteiger partial charge in [-0.3, -0.25) is 10.1 Å². The van der Waals surface area contributed by atoms with Crippen LogP contribution in [-0.4, -0.2) is 47.0 Å². The Kier molecular flexibility index (Phi) is 6.50. The van der Waals surface area contributed by atoms with Crippen molar-refractivity contribution < 1.29 is 14.6 Å². The maximum Gasteiger partial charge on any atom is 0.243 e. The highest BCUT2D eigenvalue weighted by Crippen LogP contribution is 2.21. The second kappa shape index (κ2) is 8.39. The Morgan fingerprint density at radius 1 is 1.50 bits per heavy atom. The monoisotopic (exact) mass is 370 g/mol. The fraction of sp³-hybridized carbons (Fsp3) is 0.400. The van der Waals surface area contributed by atoms with Gasteiger partial charge in [0.25, 0.3) is 0 Å². The Morgan fingerprint density at radius 2 is 2.33 bits per heavy atom. The van der Waals surface area contributed by atoms with Gasteiger partial charge in [-0.15, -0.1) is 22.6 Å². The molecular formula is C15H19ClN4O3S. The highest BCUT2D eigenvalue weighted by Gasteiger charge is 2.28. The molecule has 9 heteroatoms. The van der Waals surface area contributed by atoms with Crippen LogP contribution in [0.2, 0.25) is 0 Å². The van der Waals surface area contributed by atoms with Crippen molar-refractivity contribution in [1.82, 2.24) is 15.5 Å². The van der Waals surface area contributed by atoms with Crippen molar-refractivity contribution in [2.24, 2.45) is 0 Å². The summed E-state index contributed by atoms with van der Waals surface area (Å²) < 4.78 is 5.20. The minimum absolute atomic E-state index is 0. The van der Waals surface area contributed by atoms with E-state index in [1.54, 1.807) is 7.11 Å². The second-order valence-corrected chi connectivity index (χ2v) is 6.43. The molecule has 2 atom stereocenters. The van der Waals surface area contributed by atoms with Crippen molar-refractivity contribution in [1.29, 1.82) is 0 Å². The van der Waals surface area contributed by atoms with Crippen molar-refractivity contribution in [3.63, 3.8) is 0 Å². The molecule has 2 heterocycles. The van der Waals surface area contributed by atoms with E-state index in [-0.39, 0.29) is 24.4 Å². The number of carbonyl (C=O) groups excluding carboxylic acids is 1. The first-order valence-corrected chi connectivity index (χ1v) is 8.13. The normalized spacial score (nSPS) is 19.6. The minimum atomic E-state index is -0.469. The first kappa shape index (κ1) is 18.6. The van der Waals surface area contributed by atoms with Crippen molar-refractivity contribution in [3.8, 4) is 5.75 Å². The van der Waals surface area contributed by atoms with Crippen LogP contribution in [0.3, 0.4) is 0 Å². The number of aromatic nitrogens is 2. The second-order valence-electron chi connectivity index (χ2n) is 5.37. The number of hydrogen-bond donors (Lipinski definition) is 3. The molecule has 3 N–H and O–H groups in total. The van der Waals surface area contributed by atoms with Crippen molar-refractivity contribution in [2.75, 3.05) is 19.0 Å². The highest BCUT2D eigenvalue weighted by atomic mass is 35.5. The fourth-order valence-electron chi connectivity index (χ4n) is 2.44. The molecule has 1 aliphatic rings. The molecular weight excluding hydrogens is 352 g/mol. The lowest BCUT2D eigenvalue weighted by atomic mass is 10.1. The molecule has 24 heavy (non-hydrogen) atoms. The molecule has 1 fully saturated rings. The van der Waals surface area contributed by atoms with Gasteiger partial charge in [0.05, 0.1) is 19.3 Å². The number of β-amino-alcohol motifs (C(OH)–C–C–N with tert-alkyl or cyclic N) is 1. The zero-order chi connectivity index (χ0) is 16.2. The minimum Gasteiger partial charge on any atom is -0.497 e. The molecule has 3 rings (SSSR count). The summed E-state index contributed by atoms with van der Waals surface area (Å²) in [5.74, 6) is 0.608. The van der Waals surface area contributed by atoms with E-state index in [2.05, 4.69) is 20.8 Å². The van der Waals surface area contributed by atoms with E-state index in [1.807, 2.05) is 24.3 Å². The van der Waals surface area contributed by atoms with Gasteiger partial charge in [-0.1, -0.05) is 23.5 Å². The van der Waals surface area contributed by atoms with E-state index < -0.39 is 6.10 Å². The Hall–Kier alpha value is -1.74. The number of ether oxygens (including phenoxy) is 1. The smallest absolute Gasteiger partial charge is 0.243 e. The number of anilines is 1. The number of hydrogen-bond acceptors (Lipinski definition) is 7. The van der Waals surface area contributed by atoms with Crippen LogP contribution in [0, 0.1) is 0 Å². The molecule has 0 spiro atoms. The van der Waals surface area contributed by atoms with Crippen molar-refractivity contribution >= 4 is 34.8 Å². The van der Waals surface area contributed by atoms with E-state index in [1.165, 1.54) is 11.3 Å². The largest absolute Gasteiger partial charge is 0.497 e. The molecule has 1 aromatic carbocycles. The summed E-state index contributed by atoms with van der Waals surface area (Å²) in [6.07, 6.45) is 0.579. The number of nitrogens with one attached hydrogen (secondary N) is 2. The van der Waals surface area contributed by atoms with Gasteiger partial charge < -0.3 is 15.2 Å². The van der Waals surface area contributed by atoms with Crippen molar-refractivity contribution in [2.45, 2.75) is 25.0 Å². The molecule has 1 amide bonds. The quantitative estimate of drug-likeness (QED) is 0.732. The lowest BCUT2D eigenvalue weighted by Crippen LogP contribution is -2.35. The first-order valence-electron chi connectivity index (χ1n) is 7.31. The lowest BCUT2D eigenvalue weighted by molar-refractivity contribution is -0.117. The Balaban J connectivity index is 0.00000208. The van der Waals surface area contributed by atoms with Crippen LogP contribution in [0.4, 0.5) is 5.13 Å². The van der Waals surface area contributed by atoms with Gasteiger partial charge in [0.2, 0.25) is 11.0 Å². The average molecular weight is 371 g/mol.